The summed E-state index contributed by atoms with van der Waals surface area (Å²) < 4.78 is 27.7. The molecule has 18 heavy (non-hydrogen) atoms. The van der Waals surface area contributed by atoms with E-state index in [1.54, 1.807) is 6.92 Å². The number of sulfone groups is 1. The van der Waals surface area contributed by atoms with E-state index in [1.807, 2.05) is 4.90 Å². The van der Waals surface area contributed by atoms with Crippen molar-refractivity contribution in [2.45, 2.75) is 13.5 Å². The van der Waals surface area contributed by atoms with E-state index in [1.165, 1.54) is 6.07 Å². The Morgan fingerprint density at radius 1 is 1.44 bits per heavy atom. The van der Waals surface area contributed by atoms with Crippen LogP contribution in [0.15, 0.2) is 10.5 Å². The predicted molar refractivity (Wildman–Crippen MR) is 64.3 cm³/mol. The van der Waals surface area contributed by atoms with Crippen LogP contribution in [0.2, 0.25) is 0 Å². The molecule has 1 saturated heterocycles. The Kier molecular flexibility index (Phi) is 3.45. The Balaban J connectivity index is 2.04. The average molecular weight is 273 g/mol. The smallest absolute Gasteiger partial charge is 0.371 e. The molecule has 0 aromatic carbocycles. The largest absolute Gasteiger partial charge is 0.475 e. The molecule has 100 valence electrons. The molecule has 0 amide bonds. The monoisotopic (exact) mass is 273 g/mol. The van der Waals surface area contributed by atoms with E-state index in [9.17, 15) is 13.2 Å². The van der Waals surface area contributed by atoms with Gasteiger partial charge in [0, 0.05) is 25.2 Å². The lowest BCUT2D eigenvalue weighted by Crippen LogP contribution is -2.39. The van der Waals surface area contributed by atoms with Gasteiger partial charge in [-0.25, -0.2) is 13.2 Å². The predicted octanol–water partition coefficient (Wildman–Crippen LogP) is 0.517. The minimum Gasteiger partial charge on any atom is -0.475 e. The Labute approximate surface area is 105 Å². The molecule has 1 fully saturated rings. The number of aryl methyl sites for hydroxylation is 1. The third-order valence-electron chi connectivity index (χ3n) is 3.06. The van der Waals surface area contributed by atoms with Gasteiger partial charge in [-0.3, -0.25) is 4.90 Å². The lowest BCUT2D eigenvalue weighted by atomic mass is 10.2. The topological polar surface area (TPSA) is 87.8 Å². The summed E-state index contributed by atoms with van der Waals surface area (Å²) in [7, 11) is -2.89. The molecule has 7 heteroatoms. The van der Waals surface area contributed by atoms with Crippen molar-refractivity contribution in [1.82, 2.24) is 4.90 Å². The Morgan fingerprint density at radius 3 is 2.56 bits per heavy atom. The van der Waals surface area contributed by atoms with Gasteiger partial charge in [0.15, 0.2) is 9.84 Å². The maximum Gasteiger partial charge on any atom is 0.371 e. The van der Waals surface area contributed by atoms with Crippen molar-refractivity contribution in [3.8, 4) is 0 Å². The highest BCUT2D eigenvalue weighted by molar-refractivity contribution is 7.91. The fourth-order valence-electron chi connectivity index (χ4n) is 1.93. The van der Waals surface area contributed by atoms with Crippen LogP contribution in [0.4, 0.5) is 0 Å². The van der Waals surface area contributed by atoms with Crippen molar-refractivity contribution < 1.29 is 22.7 Å². The van der Waals surface area contributed by atoms with Gasteiger partial charge in [0.2, 0.25) is 5.76 Å². The maximum absolute atomic E-state index is 11.3. The van der Waals surface area contributed by atoms with E-state index in [-0.39, 0.29) is 17.3 Å². The molecule has 1 aliphatic heterocycles. The van der Waals surface area contributed by atoms with Crippen LogP contribution >= 0.6 is 0 Å². The highest BCUT2D eigenvalue weighted by atomic mass is 32.2. The van der Waals surface area contributed by atoms with Crippen molar-refractivity contribution in [3.05, 3.63) is 23.2 Å². The molecular weight excluding hydrogens is 258 g/mol. The fourth-order valence-corrected chi connectivity index (χ4v) is 3.21. The molecule has 2 heterocycles. The van der Waals surface area contributed by atoms with Gasteiger partial charge < -0.3 is 9.52 Å². The second-order valence-electron chi connectivity index (χ2n) is 4.43. The fraction of sp³-hybridized carbons (Fsp3) is 0.545. The standard InChI is InChI=1S/C11H15NO5S/c1-8-9(6-10(17-8)11(13)14)7-12-2-4-18(15,16)5-3-12/h6H,2-5,7H2,1H3,(H,13,14). The number of aromatic carboxylic acids is 1. The molecule has 0 bridgehead atoms. The van der Waals surface area contributed by atoms with Gasteiger partial charge in [-0.2, -0.15) is 0 Å². The third kappa shape index (κ3) is 2.91. The summed E-state index contributed by atoms with van der Waals surface area (Å²) in [5.41, 5.74) is 0.798. The van der Waals surface area contributed by atoms with Gasteiger partial charge in [0.05, 0.1) is 11.5 Å². The van der Waals surface area contributed by atoms with E-state index in [4.69, 9.17) is 9.52 Å². The van der Waals surface area contributed by atoms with Gasteiger partial charge in [-0.15, -0.1) is 0 Å². The van der Waals surface area contributed by atoms with Crippen LogP contribution in [-0.2, 0) is 16.4 Å². The summed E-state index contributed by atoms with van der Waals surface area (Å²) in [4.78, 5) is 12.7. The minimum atomic E-state index is -2.89. The van der Waals surface area contributed by atoms with E-state index in [0.717, 1.165) is 5.56 Å². The third-order valence-corrected chi connectivity index (χ3v) is 4.67. The summed E-state index contributed by atoms with van der Waals surface area (Å²) >= 11 is 0. The number of furan rings is 1. The summed E-state index contributed by atoms with van der Waals surface area (Å²) in [5, 5.41) is 8.81. The molecule has 0 saturated carbocycles. The SMILES string of the molecule is Cc1oc(C(=O)O)cc1CN1CCS(=O)(=O)CC1. The van der Waals surface area contributed by atoms with Crippen LogP contribution in [0, 0.1) is 6.92 Å². The van der Waals surface area contributed by atoms with Crippen LogP contribution in [0.5, 0.6) is 0 Å². The highest BCUT2D eigenvalue weighted by Crippen LogP contribution is 2.18. The van der Waals surface area contributed by atoms with Crippen LogP contribution in [0.3, 0.4) is 0 Å². The molecule has 1 aromatic heterocycles. The highest BCUT2D eigenvalue weighted by Gasteiger charge is 2.23. The number of hydrogen-bond acceptors (Lipinski definition) is 5. The molecule has 2 rings (SSSR count). The van der Waals surface area contributed by atoms with Crippen molar-refractivity contribution in [3.63, 3.8) is 0 Å². The van der Waals surface area contributed by atoms with Crippen LogP contribution in [-0.4, -0.2) is 49.0 Å². The number of nitrogens with zero attached hydrogens (tertiary/aromatic N) is 1. The molecule has 0 aliphatic carbocycles. The van der Waals surface area contributed by atoms with Gasteiger partial charge >= 0.3 is 5.97 Å². The van der Waals surface area contributed by atoms with Crippen molar-refractivity contribution in [1.29, 1.82) is 0 Å². The Hall–Kier alpha value is -1.34. The molecule has 6 nitrogen and oxygen atoms in total. The first kappa shape index (κ1) is 13.1. The first-order chi connectivity index (χ1) is 8.37. The second kappa shape index (κ2) is 4.74. The molecule has 0 radical (unpaired) electrons. The lowest BCUT2D eigenvalue weighted by Gasteiger charge is -2.26. The van der Waals surface area contributed by atoms with Gasteiger partial charge in [0.25, 0.3) is 0 Å². The van der Waals surface area contributed by atoms with E-state index in [0.29, 0.717) is 25.4 Å². The Bertz CT molecular complexity index is 546. The maximum atomic E-state index is 11.3. The number of carbonyl (C=O) groups is 1. The first-order valence-corrected chi connectivity index (χ1v) is 7.45. The quantitative estimate of drug-likeness (QED) is 0.863. The number of carboxylic acid groups (broad SMARTS) is 1. The summed E-state index contributed by atoms with van der Waals surface area (Å²) in [5.74, 6) is -0.274. The number of carboxylic acids is 1. The summed E-state index contributed by atoms with van der Waals surface area (Å²) in [6, 6.07) is 1.50. The van der Waals surface area contributed by atoms with Crippen LogP contribution in [0.1, 0.15) is 21.9 Å². The zero-order chi connectivity index (χ0) is 13.3. The molecule has 1 aliphatic rings. The normalized spacial score (nSPS) is 19.8. The molecular formula is C11H15NO5S. The van der Waals surface area contributed by atoms with Gasteiger partial charge in [0.1, 0.15) is 5.76 Å². The molecule has 1 aromatic rings. The average Bonchev–Trinajstić information content (AvgIpc) is 2.64. The zero-order valence-corrected chi connectivity index (χ0v) is 10.9. The van der Waals surface area contributed by atoms with E-state index in [2.05, 4.69) is 0 Å². The van der Waals surface area contributed by atoms with Crippen molar-refractivity contribution in [2.75, 3.05) is 24.6 Å². The molecule has 0 unspecified atom stereocenters. The molecule has 1 N–H and O–H groups in total. The number of hydrogen-bond donors (Lipinski definition) is 1. The van der Waals surface area contributed by atoms with E-state index >= 15 is 0 Å². The van der Waals surface area contributed by atoms with Gasteiger partial charge in [-0.1, -0.05) is 0 Å². The van der Waals surface area contributed by atoms with Gasteiger partial charge in [-0.05, 0) is 13.0 Å². The van der Waals surface area contributed by atoms with Crippen molar-refractivity contribution >= 4 is 15.8 Å². The summed E-state index contributed by atoms with van der Waals surface area (Å²) in [6.07, 6.45) is 0. The second-order valence-corrected chi connectivity index (χ2v) is 6.73. The van der Waals surface area contributed by atoms with Crippen LogP contribution < -0.4 is 0 Å². The van der Waals surface area contributed by atoms with E-state index < -0.39 is 15.8 Å². The molecule has 0 atom stereocenters. The summed E-state index contributed by atoms with van der Waals surface area (Å²) in [6.45, 7) is 3.20. The lowest BCUT2D eigenvalue weighted by molar-refractivity contribution is 0.0661. The zero-order valence-electron chi connectivity index (χ0n) is 10.0. The molecule has 0 spiro atoms. The minimum absolute atomic E-state index is 0.0767. The van der Waals surface area contributed by atoms with Crippen molar-refractivity contribution in [2.24, 2.45) is 0 Å². The first-order valence-electron chi connectivity index (χ1n) is 5.63. The Morgan fingerprint density at radius 2 is 2.06 bits per heavy atom. The van der Waals surface area contributed by atoms with Crippen LogP contribution in [0.25, 0.3) is 0 Å². The number of rotatable bonds is 3.